The lowest BCUT2D eigenvalue weighted by molar-refractivity contribution is 0.215. The number of allylic oxidation sites excluding steroid dienone is 5. The van der Waals surface area contributed by atoms with Gasteiger partial charge in [-0.05, 0) is 30.9 Å². The summed E-state index contributed by atoms with van der Waals surface area (Å²) in [6.45, 7) is 9.19. The average Bonchev–Trinajstić information content (AvgIpc) is 2.49. The Morgan fingerprint density at radius 3 is 2.33 bits per heavy atom. The van der Waals surface area contributed by atoms with Crippen LogP contribution in [-0.2, 0) is 0 Å². The molecule has 0 aliphatic carbocycles. The molecule has 84 valence electrons. The van der Waals surface area contributed by atoms with E-state index in [2.05, 4.69) is 51.2 Å². The number of hydrogen-bond donors (Lipinski definition) is 1. The van der Waals surface area contributed by atoms with E-state index in [4.69, 9.17) is 0 Å². The predicted molar refractivity (Wildman–Crippen MR) is 67.4 cm³/mol. The van der Waals surface area contributed by atoms with Gasteiger partial charge < -0.3 is 5.32 Å². The van der Waals surface area contributed by atoms with Gasteiger partial charge in [-0.15, -0.1) is 0 Å². The number of nitrogens with one attached hydrogen (secondary N) is 1. The van der Waals surface area contributed by atoms with Gasteiger partial charge in [-0.1, -0.05) is 39.8 Å². The van der Waals surface area contributed by atoms with Crippen molar-refractivity contribution >= 4 is 0 Å². The maximum atomic E-state index is 3.42. The molecule has 0 atom stereocenters. The molecular formula is C14H23N. The second kappa shape index (κ2) is 5.20. The first-order valence-corrected chi connectivity index (χ1v) is 5.98. The fourth-order valence-electron chi connectivity index (χ4n) is 2.53. The zero-order chi connectivity index (χ0) is 11.3. The van der Waals surface area contributed by atoms with Gasteiger partial charge in [-0.2, -0.15) is 0 Å². The Kier molecular flexibility index (Phi) is 4.19. The van der Waals surface area contributed by atoms with Crippen molar-refractivity contribution in [3.8, 4) is 0 Å². The van der Waals surface area contributed by atoms with Crippen molar-refractivity contribution in [2.75, 3.05) is 0 Å². The molecule has 1 N–H and O–H groups in total. The fourth-order valence-corrected chi connectivity index (χ4v) is 2.53. The first kappa shape index (κ1) is 12.1. The van der Waals surface area contributed by atoms with Crippen LogP contribution in [0, 0.1) is 11.3 Å². The van der Waals surface area contributed by atoms with Crippen LogP contribution >= 0.6 is 0 Å². The molecule has 1 aliphatic rings. The summed E-state index contributed by atoms with van der Waals surface area (Å²) in [5, 5.41) is 3.42. The minimum Gasteiger partial charge on any atom is -0.365 e. The Balaban J connectivity index is 3.03. The molecular weight excluding hydrogens is 182 g/mol. The van der Waals surface area contributed by atoms with E-state index >= 15 is 0 Å². The zero-order valence-electron chi connectivity index (χ0n) is 10.4. The van der Waals surface area contributed by atoms with Crippen LogP contribution < -0.4 is 5.32 Å². The van der Waals surface area contributed by atoms with Crippen molar-refractivity contribution in [1.29, 1.82) is 0 Å². The molecule has 0 aromatic rings. The average molecular weight is 205 g/mol. The molecule has 0 bridgehead atoms. The highest BCUT2D eigenvalue weighted by molar-refractivity contribution is 5.26. The first-order chi connectivity index (χ1) is 7.17. The van der Waals surface area contributed by atoms with Crippen LogP contribution in [0.15, 0.2) is 36.2 Å². The summed E-state index contributed by atoms with van der Waals surface area (Å²) < 4.78 is 0. The molecule has 0 amide bonds. The Morgan fingerprint density at radius 2 is 1.80 bits per heavy atom. The summed E-state index contributed by atoms with van der Waals surface area (Å²) >= 11 is 0. The van der Waals surface area contributed by atoms with Crippen LogP contribution in [0.4, 0.5) is 0 Å². The van der Waals surface area contributed by atoms with E-state index in [1.807, 2.05) is 12.3 Å². The molecule has 15 heavy (non-hydrogen) atoms. The third kappa shape index (κ3) is 2.34. The normalized spacial score (nSPS) is 16.2. The second-order valence-electron chi connectivity index (χ2n) is 4.49. The lowest BCUT2D eigenvalue weighted by atomic mass is 9.70. The molecule has 1 rings (SSSR count). The van der Waals surface area contributed by atoms with E-state index < -0.39 is 0 Å². The van der Waals surface area contributed by atoms with Gasteiger partial charge in [0, 0.05) is 17.3 Å². The lowest BCUT2D eigenvalue weighted by Gasteiger charge is -2.38. The Morgan fingerprint density at radius 1 is 1.13 bits per heavy atom. The Hall–Kier alpha value is -0.980. The van der Waals surface area contributed by atoms with Crippen molar-refractivity contribution in [2.24, 2.45) is 11.3 Å². The molecule has 1 heteroatoms. The lowest BCUT2D eigenvalue weighted by Crippen LogP contribution is -2.33. The van der Waals surface area contributed by atoms with Crippen molar-refractivity contribution < 1.29 is 0 Å². The van der Waals surface area contributed by atoms with Gasteiger partial charge in [-0.3, -0.25) is 0 Å². The van der Waals surface area contributed by atoms with Crippen molar-refractivity contribution in [3.05, 3.63) is 36.2 Å². The number of rotatable bonds is 4. The summed E-state index contributed by atoms with van der Waals surface area (Å²) in [7, 11) is 0. The van der Waals surface area contributed by atoms with Gasteiger partial charge in [0.1, 0.15) is 0 Å². The smallest absolute Gasteiger partial charge is 0.0211 e. The number of hydrogen-bond acceptors (Lipinski definition) is 1. The highest BCUT2D eigenvalue weighted by Gasteiger charge is 2.33. The van der Waals surface area contributed by atoms with Crippen molar-refractivity contribution in [1.82, 2.24) is 5.32 Å². The van der Waals surface area contributed by atoms with Gasteiger partial charge in [0.2, 0.25) is 0 Å². The molecule has 0 saturated heterocycles. The van der Waals surface area contributed by atoms with Crippen LogP contribution in [0.3, 0.4) is 0 Å². The molecule has 0 aromatic heterocycles. The fraction of sp³-hybridized carbons (Fsp3) is 0.571. The molecule has 0 unspecified atom stereocenters. The quantitative estimate of drug-likeness (QED) is 0.731. The highest BCUT2D eigenvalue weighted by Crippen LogP contribution is 2.41. The van der Waals surface area contributed by atoms with E-state index in [1.165, 1.54) is 18.5 Å². The van der Waals surface area contributed by atoms with Crippen LogP contribution in [0.2, 0.25) is 0 Å². The topological polar surface area (TPSA) is 12.0 Å². The molecule has 0 saturated carbocycles. The molecule has 1 nitrogen and oxygen atoms in total. The van der Waals surface area contributed by atoms with Crippen LogP contribution in [0.1, 0.15) is 40.5 Å². The van der Waals surface area contributed by atoms with E-state index in [9.17, 15) is 0 Å². The van der Waals surface area contributed by atoms with Crippen LogP contribution in [0.25, 0.3) is 0 Å². The monoisotopic (exact) mass is 205 g/mol. The van der Waals surface area contributed by atoms with E-state index in [0.29, 0.717) is 11.3 Å². The van der Waals surface area contributed by atoms with Gasteiger partial charge in [0.25, 0.3) is 0 Å². The molecule has 1 aliphatic heterocycles. The van der Waals surface area contributed by atoms with Gasteiger partial charge >= 0.3 is 0 Å². The molecule has 0 aromatic carbocycles. The summed E-state index contributed by atoms with van der Waals surface area (Å²) in [6, 6.07) is 0. The van der Waals surface area contributed by atoms with Gasteiger partial charge in [0.05, 0.1) is 0 Å². The minimum absolute atomic E-state index is 0.291. The zero-order valence-corrected chi connectivity index (χ0v) is 10.4. The summed E-state index contributed by atoms with van der Waals surface area (Å²) in [6.07, 6.45) is 12.8. The Bertz CT molecular complexity index is 278. The summed E-state index contributed by atoms with van der Waals surface area (Å²) in [4.78, 5) is 0. The third-order valence-electron chi connectivity index (χ3n) is 3.72. The SMILES string of the molecule is CCC(CC)(C1=CC=CC=CN1)C(C)C. The predicted octanol–water partition coefficient (Wildman–Crippen LogP) is 4.01. The minimum atomic E-state index is 0.291. The van der Waals surface area contributed by atoms with Crippen LogP contribution in [-0.4, -0.2) is 0 Å². The highest BCUT2D eigenvalue weighted by atomic mass is 14.9. The Labute approximate surface area is 94.0 Å². The van der Waals surface area contributed by atoms with Gasteiger partial charge in [0.15, 0.2) is 0 Å². The molecule has 0 fully saturated rings. The standard InChI is InChI=1S/C14H23N/c1-5-14(6-2,12(3)4)13-10-8-7-9-11-15-13/h7-12,15H,5-6H2,1-4H3. The molecule has 0 radical (unpaired) electrons. The third-order valence-corrected chi connectivity index (χ3v) is 3.72. The van der Waals surface area contributed by atoms with Crippen LogP contribution in [0.5, 0.6) is 0 Å². The second-order valence-corrected chi connectivity index (χ2v) is 4.49. The maximum Gasteiger partial charge on any atom is 0.0211 e. The molecule has 1 heterocycles. The van der Waals surface area contributed by atoms with E-state index in [1.54, 1.807) is 0 Å². The molecule has 0 spiro atoms. The summed E-state index contributed by atoms with van der Waals surface area (Å²) in [5.41, 5.74) is 1.64. The van der Waals surface area contributed by atoms with E-state index in [0.717, 1.165) is 0 Å². The maximum absolute atomic E-state index is 3.42. The van der Waals surface area contributed by atoms with Gasteiger partial charge in [-0.25, -0.2) is 0 Å². The van der Waals surface area contributed by atoms with Crippen molar-refractivity contribution in [2.45, 2.75) is 40.5 Å². The largest absolute Gasteiger partial charge is 0.365 e. The van der Waals surface area contributed by atoms with Crippen molar-refractivity contribution in [3.63, 3.8) is 0 Å². The first-order valence-electron chi connectivity index (χ1n) is 5.98. The summed E-state index contributed by atoms with van der Waals surface area (Å²) in [5.74, 6) is 0.658. The van der Waals surface area contributed by atoms with E-state index in [-0.39, 0.29) is 0 Å².